The van der Waals surface area contributed by atoms with E-state index < -0.39 is 34.1 Å². The lowest BCUT2D eigenvalue weighted by Gasteiger charge is -2.39. The Kier molecular flexibility index (Phi) is 6.14. The normalized spacial score (nSPS) is 23.0. The molecule has 1 N–H and O–H groups in total. The van der Waals surface area contributed by atoms with Crippen LogP contribution in [0, 0.1) is 29.9 Å². The van der Waals surface area contributed by atoms with Gasteiger partial charge in [0.15, 0.2) is 11.6 Å². The van der Waals surface area contributed by atoms with E-state index in [9.17, 15) is 24.5 Å². The fourth-order valence-corrected chi connectivity index (χ4v) is 7.39. The van der Waals surface area contributed by atoms with Crippen LogP contribution in [0.5, 0.6) is 0 Å². The van der Waals surface area contributed by atoms with Crippen LogP contribution >= 0.6 is 0 Å². The summed E-state index contributed by atoms with van der Waals surface area (Å²) in [4.78, 5) is 57.3. The van der Waals surface area contributed by atoms with Crippen LogP contribution in [0.2, 0.25) is 0 Å². The molecule has 0 radical (unpaired) electrons. The quantitative estimate of drug-likeness (QED) is 0.164. The van der Waals surface area contributed by atoms with Crippen molar-refractivity contribution >= 4 is 40.1 Å². The largest absolute Gasteiger partial charge is 0.352 e. The number of nitro benzene ring substituents is 1. The molecule has 0 bridgehead atoms. The summed E-state index contributed by atoms with van der Waals surface area (Å²) in [6, 6.07) is 24.2. The van der Waals surface area contributed by atoms with E-state index in [1.54, 1.807) is 18.2 Å². The zero-order chi connectivity index (χ0) is 30.9. The highest BCUT2D eigenvalue weighted by Crippen LogP contribution is 2.59. The van der Waals surface area contributed by atoms with E-state index in [1.807, 2.05) is 74.2 Å². The van der Waals surface area contributed by atoms with Crippen molar-refractivity contribution in [3.8, 4) is 0 Å². The van der Waals surface area contributed by atoms with Gasteiger partial charge in [-0.05, 0) is 50.1 Å². The summed E-state index contributed by atoms with van der Waals surface area (Å²) in [5.74, 6) is -2.38. The highest BCUT2D eigenvalue weighted by Gasteiger charge is 2.70. The predicted molar refractivity (Wildman–Crippen MR) is 168 cm³/mol. The molecule has 1 spiro atoms. The summed E-state index contributed by atoms with van der Waals surface area (Å²) in [5.41, 5.74) is 4.61. The summed E-state index contributed by atoms with van der Waals surface area (Å²) < 4.78 is 0. The summed E-state index contributed by atoms with van der Waals surface area (Å²) in [6.45, 7) is 5.91. The summed E-state index contributed by atoms with van der Waals surface area (Å²) in [7, 11) is 0. The average Bonchev–Trinajstić information content (AvgIpc) is 3.49. The molecule has 3 aliphatic heterocycles. The number of ketones is 2. The van der Waals surface area contributed by atoms with E-state index in [4.69, 9.17) is 0 Å². The number of carbonyl (C=O) groups excluding carboxylic acids is 3. The van der Waals surface area contributed by atoms with Gasteiger partial charge in [0.05, 0.1) is 16.9 Å². The Bertz CT molecular complexity index is 1950. The molecule has 1 amide bonds. The zero-order valence-corrected chi connectivity index (χ0v) is 24.4. The van der Waals surface area contributed by atoms with Gasteiger partial charge in [-0.1, -0.05) is 77.9 Å². The fourth-order valence-electron chi connectivity index (χ4n) is 7.39. The average molecular weight is 584 g/mol. The number of rotatable bonds is 5. The summed E-state index contributed by atoms with van der Waals surface area (Å²) in [6.07, 6.45) is 2.00. The molecule has 4 atom stereocenters. The number of benzene rings is 4. The number of nitro groups is 1. The van der Waals surface area contributed by atoms with Crippen LogP contribution in [0.1, 0.15) is 49.9 Å². The molecular weight excluding hydrogens is 554 g/mol. The molecular formula is C36H29N3O5. The number of aryl methyl sites for hydroxylation is 2. The number of anilines is 2. The molecule has 7 rings (SSSR count). The van der Waals surface area contributed by atoms with Crippen molar-refractivity contribution in [2.24, 2.45) is 5.92 Å². The first-order chi connectivity index (χ1) is 21.1. The minimum Gasteiger partial charge on any atom is -0.352 e. The summed E-state index contributed by atoms with van der Waals surface area (Å²) >= 11 is 0. The maximum atomic E-state index is 14.9. The Labute approximate surface area is 254 Å². The van der Waals surface area contributed by atoms with Crippen molar-refractivity contribution in [3.63, 3.8) is 0 Å². The molecule has 8 nitrogen and oxygen atoms in total. The van der Waals surface area contributed by atoms with Crippen molar-refractivity contribution < 1.29 is 19.3 Å². The van der Waals surface area contributed by atoms with Gasteiger partial charge >= 0.3 is 0 Å². The van der Waals surface area contributed by atoms with Gasteiger partial charge in [-0.15, -0.1) is 0 Å². The van der Waals surface area contributed by atoms with Crippen molar-refractivity contribution in [1.29, 1.82) is 0 Å². The van der Waals surface area contributed by atoms with Gasteiger partial charge in [0.1, 0.15) is 11.5 Å². The number of amides is 1. The van der Waals surface area contributed by atoms with Crippen LogP contribution in [0.3, 0.4) is 0 Å². The number of Topliss-reactive ketones (excluding diaryl/α,β-unsaturated/α-hetero) is 2. The molecule has 4 aromatic carbocycles. The zero-order valence-electron chi connectivity index (χ0n) is 24.4. The van der Waals surface area contributed by atoms with Crippen LogP contribution in [0.15, 0.2) is 97.1 Å². The van der Waals surface area contributed by atoms with E-state index in [0.717, 1.165) is 28.0 Å². The number of carbonyl (C=O) groups is 3. The minimum absolute atomic E-state index is 0.0761. The van der Waals surface area contributed by atoms with E-state index in [2.05, 4.69) is 11.4 Å². The van der Waals surface area contributed by atoms with Crippen molar-refractivity contribution in [1.82, 2.24) is 0 Å². The topological polar surface area (TPSA) is 110 Å². The van der Waals surface area contributed by atoms with E-state index >= 15 is 0 Å². The first-order valence-corrected chi connectivity index (χ1v) is 14.5. The molecule has 0 aliphatic carbocycles. The van der Waals surface area contributed by atoms with Crippen molar-refractivity contribution in [2.45, 2.75) is 38.3 Å². The van der Waals surface area contributed by atoms with Crippen LogP contribution < -0.4 is 10.2 Å². The highest BCUT2D eigenvalue weighted by atomic mass is 16.6. The van der Waals surface area contributed by atoms with Gasteiger partial charge in [-0.2, -0.15) is 0 Å². The molecule has 3 heterocycles. The Morgan fingerprint density at radius 1 is 0.841 bits per heavy atom. The number of allylic oxidation sites excluding steroid dienone is 1. The molecule has 3 aliphatic rings. The van der Waals surface area contributed by atoms with Crippen LogP contribution in [0.4, 0.5) is 17.1 Å². The standard InChI is InChI=1S/C36H29N3O5/c1-20-11-14-23(15-12-20)34(41)32-31(33(40)24-7-6-8-25(19-24)39(43)44)36(27-9-4-5-10-28(27)37-35(36)42)30-18-22(3)26-17-21(2)13-16-29(26)38(30)32/h4-19,30-32H,1-3H3,(H,37,42)/t30-,31+,32+,36-/m1/s1. The van der Waals surface area contributed by atoms with Gasteiger partial charge < -0.3 is 10.2 Å². The second kappa shape index (κ2) is 9.84. The Hall–Kier alpha value is -5.37. The minimum atomic E-state index is -1.49. The highest BCUT2D eigenvalue weighted by molar-refractivity contribution is 6.18. The van der Waals surface area contributed by atoms with Gasteiger partial charge in [0.25, 0.3) is 5.69 Å². The number of nitrogens with one attached hydrogen (secondary N) is 1. The number of non-ortho nitro benzene ring substituents is 1. The Morgan fingerprint density at radius 3 is 2.32 bits per heavy atom. The third-order valence-electron chi connectivity index (χ3n) is 9.36. The van der Waals surface area contributed by atoms with E-state index in [1.165, 1.54) is 24.3 Å². The predicted octanol–water partition coefficient (Wildman–Crippen LogP) is 6.46. The number of hydrogen-bond donors (Lipinski definition) is 1. The smallest absolute Gasteiger partial charge is 0.270 e. The van der Waals surface area contributed by atoms with Crippen LogP contribution in [-0.2, 0) is 10.2 Å². The Balaban J connectivity index is 1.55. The maximum Gasteiger partial charge on any atom is 0.270 e. The molecule has 0 unspecified atom stereocenters. The van der Waals surface area contributed by atoms with Crippen LogP contribution in [0.25, 0.3) is 5.57 Å². The van der Waals surface area contributed by atoms with E-state index in [-0.39, 0.29) is 22.9 Å². The molecule has 44 heavy (non-hydrogen) atoms. The number of nitrogens with zero attached hydrogens (tertiary/aromatic N) is 2. The monoisotopic (exact) mass is 583 g/mol. The third kappa shape index (κ3) is 3.80. The first-order valence-electron chi connectivity index (χ1n) is 14.5. The molecule has 4 aromatic rings. The molecule has 8 heteroatoms. The lowest BCUT2D eigenvalue weighted by atomic mass is 9.64. The second-order valence-electron chi connectivity index (χ2n) is 11.9. The van der Waals surface area contributed by atoms with Gasteiger partial charge in [-0.25, -0.2) is 0 Å². The lowest BCUT2D eigenvalue weighted by Crippen LogP contribution is -2.51. The van der Waals surface area contributed by atoms with Gasteiger partial charge in [0, 0.05) is 40.2 Å². The molecule has 0 aromatic heterocycles. The molecule has 0 saturated carbocycles. The van der Waals surface area contributed by atoms with E-state index in [0.29, 0.717) is 16.8 Å². The molecule has 1 saturated heterocycles. The van der Waals surface area contributed by atoms with Gasteiger partial charge in [-0.3, -0.25) is 24.5 Å². The Morgan fingerprint density at radius 2 is 1.57 bits per heavy atom. The summed E-state index contributed by atoms with van der Waals surface area (Å²) in [5, 5.41) is 14.7. The van der Waals surface area contributed by atoms with Crippen molar-refractivity contribution in [2.75, 3.05) is 10.2 Å². The lowest BCUT2D eigenvalue weighted by molar-refractivity contribution is -0.384. The number of fused-ring (bicyclic) bond motifs is 6. The number of hydrogen-bond acceptors (Lipinski definition) is 6. The SMILES string of the molecule is CC1=C[C@H]2N(c3ccc(C)cc31)[C@H](C(=O)c1ccc(C)cc1)[C@@H](C(=O)c1cccc([N+](=O)[O-])c1)[C@]21C(=O)Nc2ccccc21. The molecule has 1 fully saturated rings. The third-order valence-corrected chi connectivity index (χ3v) is 9.36. The van der Waals surface area contributed by atoms with Crippen molar-refractivity contribution in [3.05, 3.63) is 141 Å². The van der Waals surface area contributed by atoms with Crippen LogP contribution in [-0.4, -0.2) is 34.5 Å². The number of para-hydroxylation sites is 1. The van der Waals surface area contributed by atoms with Gasteiger partial charge in [0.2, 0.25) is 5.91 Å². The molecule has 218 valence electrons. The first kappa shape index (κ1) is 27.5. The fraction of sp³-hybridized carbons (Fsp3) is 0.194. The maximum absolute atomic E-state index is 14.9. The second-order valence-corrected chi connectivity index (χ2v) is 11.9.